The summed E-state index contributed by atoms with van der Waals surface area (Å²) in [6.07, 6.45) is 1.83. The predicted octanol–water partition coefficient (Wildman–Crippen LogP) is 8.73. The molecule has 1 fully saturated rings. The third-order valence-electron chi connectivity index (χ3n) is 7.67. The van der Waals surface area contributed by atoms with E-state index < -0.39 is 0 Å². The first-order valence-corrected chi connectivity index (χ1v) is 14.4. The Morgan fingerprint density at radius 3 is 2.24 bits per heavy atom. The predicted molar refractivity (Wildman–Crippen MR) is 171 cm³/mol. The number of ether oxygens (including phenoxy) is 1. The zero-order valence-corrected chi connectivity index (χ0v) is 25.0. The van der Waals surface area contributed by atoms with Crippen molar-refractivity contribution in [3.05, 3.63) is 136 Å². The van der Waals surface area contributed by atoms with Crippen LogP contribution in [-0.2, 0) is 0 Å². The molecule has 5 aromatic rings. The van der Waals surface area contributed by atoms with Gasteiger partial charge in [-0.05, 0) is 118 Å². The van der Waals surface area contributed by atoms with Gasteiger partial charge in [0.15, 0.2) is 5.11 Å². The van der Waals surface area contributed by atoms with Crippen LogP contribution in [-0.4, -0.2) is 14.7 Å². The molecule has 1 aliphatic heterocycles. The maximum atomic E-state index is 6.43. The summed E-state index contributed by atoms with van der Waals surface area (Å²) in [5.74, 6) is 1.57. The second kappa shape index (κ2) is 11.0. The summed E-state index contributed by atoms with van der Waals surface area (Å²) in [6.45, 7) is 8.47. The molecule has 0 spiro atoms. The van der Waals surface area contributed by atoms with Crippen LogP contribution in [0.1, 0.15) is 45.9 Å². The Bertz CT molecular complexity index is 1710. The lowest BCUT2D eigenvalue weighted by atomic mass is 9.96. The molecule has 0 aliphatic carbocycles. The van der Waals surface area contributed by atoms with Gasteiger partial charge in [-0.15, -0.1) is 0 Å². The lowest BCUT2D eigenvalue weighted by molar-refractivity contribution is 0.482. The largest absolute Gasteiger partial charge is 0.457 e. The first-order valence-electron chi connectivity index (χ1n) is 13.6. The molecular weight excluding hydrogens is 548 g/mol. The highest BCUT2D eigenvalue weighted by molar-refractivity contribution is 7.80. The second-order valence-corrected chi connectivity index (χ2v) is 11.3. The normalized spacial score (nSPS) is 16.6. The molecule has 1 aliphatic rings. The fourth-order valence-corrected chi connectivity index (χ4v) is 6.16. The Balaban J connectivity index is 1.42. The third kappa shape index (κ3) is 5.21. The molecule has 0 saturated carbocycles. The van der Waals surface area contributed by atoms with Crippen LogP contribution in [0.15, 0.2) is 97.2 Å². The zero-order chi connectivity index (χ0) is 28.7. The second-order valence-electron chi connectivity index (χ2n) is 10.5. The molecule has 2 atom stereocenters. The molecule has 0 unspecified atom stereocenters. The van der Waals surface area contributed by atoms with Crippen molar-refractivity contribution < 1.29 is 4.74 Å². The Hall–Kier alpha value is -4.13. The van der Waals surface area contributed by atoms with E-state index in [9.17, 15) is 0 Å². The minimum atomic E-state index is -0.137. The summed E-state index contributed by atoms with van der Waals surface area (Å²) in [6, 6.07) is 30.2. The number of benzene rings is 3. The average Bonchev–Trinajstić information content (AvgIpc) is 3.47. The molecule has 7 heteroatoms. The summed E-state index contributed by atoms with van der Waals surface area (Å²) >= 11 is 12.4. The van der Waals surface area contributed by atoms with Gasteiger partial charge in [0, 0.05) is 34.0 Å². The number of rotatable bonds is 6. The number of halogens is 1. The van der Waals surface area contributed by atoms with Gasteiger partial charge in [-0.1, -0.05) is 41.4 Å². The Kier molecular flexibility index (Phi) is 7.28. The molecular formula is C34H31ClN4OS. The topological polar surface area (TPSA) is 42.3 Å². The van der Waals surface area contributed by atoms with E-state index in [0.29, 0.717) is 10.1 Å². The van der Waals surface area contributed by atoms with Crippen molar-refractivity contribution in [3.8, 4) is 17.2 Å². The zero-order valence-electron chi connectivity index (χ0n) is 23.4. The SMILES string of the molecule is Cc1ccc(Oc2ccc(N3C(=S)N[C@@H](c4ccccn4)[C@H]3c3cc(C)n(-c4cc(Cl)ccc4C)c3C)cc2)cc1. The fourth-order valence-electron chi connectivity index (χ4n) is 5.65. The third-order valence-corrected chi connectivity index (χ3v) is 8.22. The lowest BCUT2D eigenvalue weighted by Crippen LogP contribution is -2.29. The molecule has 3 aromatic carbocycles. The van der Waals surface area contributed by atoms with Crippen LogP contribution in [0.3, 0.4) is 0 Å². The van der Waals surface area contributed by atoms with Crippen molar-refractivity contribution in [2.45, 2.75) is 39.8 Å². The minimum absolute atomic E-state index is 0.124. The maximum absolute atomic E-state index is 6.43. The van der Waals surface area contributed by atoms with Crippen molar-refractivity contribution in [2.75, 3.05) is 4.90 Å². The molecule has 3 heterocycles. The highest BCUT2D eigenvalue weighted by Gasteiger charge is 2.42. The van der Waals surface area contributed by atoms with Gasteiger partial charge in [0.25, 0.3) is 0 Å². The number of hydrogen-bond acceptors (Lipinski definition) is 3. The van der Waals surface area contributed by atoms with Crippen LogP contribution in [0.5, 0.6) is 11.5 Å². The van der Waals surface area contributed by atoms with E-state index in [0.717, 1.165) is 45.5 Å². The molecule has 41 heavy (non-hydrogen) atoms. The van der Waals surface area contributed by atoms with Gasteiger partial charge in [-0.3, -0.25) is 4.98 Å². The van der Waals surface area contributed by atoms with Crippen LogP contribution in [0.25, 0.3) is 5.69 Å². The van der Waals surface area contributed by atoms with E-state index in [4.69, 9.17) is 33.5 Å². The average molecular weight is 579 g/mol. The van der Waals surface area contributed by atoms with E-state index in [2.05, 4.69) is 72.8 Å². The molecule has 6 rings (SSSR count). The first-order chi connectivity index (χ1) is 19.8. The van der Waals surface area contributed by atoms with E-state index in [1.165, 1.54) is 11.1 Å². The molecule has 0 bridgehead atoms. The van der Waals surface area contributed by atoms with Gasteiger partial charge in [-0.25, -0.2) is 0 Å². The molecule has 0 radical (unpaired) electrons. The quantitative estimate of drug-likeness (QED) is 0.204. The molecule has 1 N–H and O–H groups in total. The van der Waals surface area contributed by atoms with Gasteiger partial charge in [0.05, 0.1) is 17.8 Å². The molecule has 2 aromatic heterocycles. The monoisotopic (exact) mass is 578 g/mol. The molecule has 0 amide bonds. The summed E-state index contributed by atoms with van der Waals surface area (Å²) < 4.78 is 8.38. The Morgan fingerprint density at radius 1 is 0.854 bits per heavy atom. The summed E-state index contributed by atoms with van der Waals surface area (Å²) in [4.78, 5) is 6.91. The number of anilines is 1. The smallest absolute Gasteiger partial charge is 0.174 e. The Morgan fingerprint density at radius 2 is 1.56 bits per heavy atom. The van der Waals surface area contributed by atoms with Gasteiger partial charge in [-0.2, -0.15) is 0 Å². The number of aromatic nitrogens is 2. The number of pyridine rings is 1. The highest BCUT2D eigenvalue weighted by Crippen LogP contribution is 2.44. The molecule has 206 valence electrons. The number of hydrogen-bond donors (Lipinski definition) is 1. The summed E-state index contributed by atoms with van der Waals surface area (Å²) in [5, 5.41) is 4.94. The molecule has 1 saturated heterocycles. The maximum Gasteiger partial charge on any atom is 0.174 e. The van der Waals surface area contributed by atoms with Crippen molar-refractivity contribution in [1.29, 1.82) is 0 Å². The standard InChI is InChI=1S/C34H31ClN4OS/c1-21-8-14-27(15-9-21)40-28-16-12-26(13-17-28)39-33(32(37-34(39)41)30-7-5-6-18-36-30)29-19-23(3)38(24(29)4)31-20-25(35)11-10-22(31)2/h5-20,32-33H,1-4H3,(H,37,41)/t32-,33+/m0/s1. The summed E-state index contributed by atoms with van der Waals surface area (Å²) in [7, 11) is 0. The van der Waals surface area contributed by atoms with Crippen LogP contribution in [0, 0.1) is 27.7 Å². The minimum Gasteiger partial charge on any atom is -0.457 e. The van der Waals surface area contributed by atoms with E-state index in [-0.39, 0.29) is 12.1 Å². The van der Waals surface area contributed by atoms with Gasteiger partial charge < -0.3 is 19.5 Å². The lowest BCUT2D eigenvalue weighted by Gasteiger charge is -2.28. The van der Waals surface area contributed by atoms with Gasteiger partial charge >= 0.3 is 0 Å². The van der Waals surface area contributed by atoms with Crippen LogP contribution < -0.4 is 15.0 Å². The van der Waals surface area contributed by atoms with Crippen molar-refractivity contribution in [2.24, 2.45) is 0 Å². The van der Waals surface area contributed by atoms with Crippen molar-refractivity contribution in [1.82, 2.24) is 14.9 Å². The Labute approximate surface area is 251 Å². The number of aryl methyl sites for hydroxylation is 3. The summed E-state index contributed by atoms with van der Waals surface area (Å²) in [5.41, 5.74) is 8.77. The first kappa shape index (κ1) is 27.1. The molecule has 5 nitrogen and oxygen atoms in total. The fraction of sp³-hybridized carbons (Fsp3) is 0.176. The number of nitrogens with zero attached hydrogens (tertiary/aromatic N) is 3. The van der Waals surface area contributed by atoms with E-state index in [1.54, 1.807) is 0 Å². The van der Waals surface area contributed by atoms with Gasteiger partial charge in [0.2, 0.25) is 0 Å². The van der Waals surface area contributed by atoms with Crippen molar-refractivity contribution >= 4 is 34.6 Å². The van der Waals surface area contributed by atoms with Crippen LogP contribution >= 0.6 is 23.8 Å². The van der Waals surface area contributed by atoms with Crippen LogP contribution in [0.2, 0.25) is 5.02 Å². The van der Waals surface area contributed by atoms with Crippen LogP contribution in [0.4, 0.5) is 5.69 Å². The number of nitrogens with one attached hydrogen (secondary N) is 1. The van der Waals surface area contributed by atoms with Gasteiger partial charge in [0.1, 0.15) is 11.5 Å². The van der Waals surface area contributed by atoms with E-state index in [1.807, 2.05) is 66.9 Å². The van der Waals surface area contributed by atoms with Crippen molar-refractivity contribution in [3.63, 3.8) is 0 Å². The highest BCUT2D eigenvalue weighted by atomic mass is 35.5. The van der Waals surface area contributed by atoms with E-state index >= 15 is 0 Å². The number of thiocarbonyl (C=S) groups is 1.